The molecule has 2 aromatic rings. The summed E-state index contributed by atoms with van der Waals surface area (Å²) in [6.07, 6.45) is 0. The van der Waals surface area contributed by atoms with Gasteiger partial charge in [0.25, 0.3) is 17.7 Å². The molecule has 0 aromatic heterocycles. The van der Waals surface area contributed by atoms with E-state index in [-0.39, 0.29) is 36.2 Å². The molecule has 168 valence electrons. The van der Waals surface area contributed by atoms with E-state index in [4.69, 9.17) is 74.3 Å². The minimum absolute atomic E-state index is 0.200. The van der Waals surface area contributed by atoms with Crippen molar-refractivity contribution in [1.29, 1.82) is 0 Å². The molecule has 0 saturated heterocycles. The number of carbonyl (C=O) groups is 4. The zero-order chi connectivity index (χ0) is 23.9. The number of hydrogen-bond acceptors (Lipinski definition) is 5. The summed E-state index contributed by atoms with van der Waals surface area (Å²) >= 11 is 35.7. The first-order valence-corrected chi connectivity index (χ1v) is 10.9. The van der Waals surface area contributed by atoms with Gasteiger partial charge in [-0.2, -0.15) is 0 Å². The predicted octanol–water partition coefficient (Wildman–Crippen LogP) is 5.77. The van der Waals surface area contributed by atoms with Crippen LogP contribution in [-0.4, -0.2) is 41.2 Å². The van der Waals surface area contributed by atoms with Crippen LogP contribution in [0.15, 0.2) is 18.2 Å². The molecule has 1 atom stereocenters. The Bertz CT molecular complexity index is 1140. The van der Waals surface area contributed by atoms with Crippen molar-refractivity contribution in [3.05, 3.63) is 59.5 Å². The quantitative estimate of drug-likeness (QED) is 0.217. The maximum atomic E-state index is 12.8. The molecule has 0 fully saturated rings. The van der Waals surface area contributed by atoms with Crippen LogP contribution in [0.3, 0.4) is 0 Å². The van der Waals surface area contributed by atoms with Crippen LogP contribution in [0.5, 0.6) is 0 Å². The lowest BCUT2D eigenvalue weighted by atomic mass is 10.1. The van der Waals surface area contributed by atoms with E-state index < -0.39 is 36.3 Å². The lowest BCUT2D eigenvalue weighted by molar-refractivity contribution is -0.150. The summed E-state index contributed by atoms with van der Waals surface area (Å²) in [7, 11) is 0. The zero-order valence-corrected chi connectivity index (χ0v) is 20.3. The van der Waals surface area contributed by atoms with E-state index in [1.165, 1.54) is 25.1 Å². The Balaban J connectivity index is 1.70. The highest BCUT2D eigenvalue weighted by Crippen LogP contribution is 2.45. The van der Waals surface area contributed by atoms with Crippen molar-refractivity contribution >= 4 is 99.0 Å². The van der Waals surface area contributed by atoms with Crippen LogP contribution in [0.25, 0.3) is 0 Å². The van der Waals surface area contributed by atoms with Gasteiger partial charge in [0, 0.05) is 5.69 Å². The van der Waals surface area contributed by atoms with Gasteiger partial charge in [-0.1, -0.05) is 69.6 Å². The van der Waals surface area contributed by atoms with Gasteiger partial charge in [0.2, 0.25) is 0 Å². The third-order valence-corrected chi connectivity index (χ3v) is 6.95. The lowest BCUT2D eigenvalue weighted by Crippen LogP contribution is -2.44. The number of rotatable bonds is 5. The fourth-order valence-electron chi connectivity index (χ4n) is 2.85. The maximum Gasteiger partial charge on any atom is 0.329 e. The monoisotopic (exact) mass is 556 g/mol. The maximum absolute atomic E-state index is 12.8. The molecular weight excluding hydrogens is 549 g/mol. The molecule has 0 bridgehead atoms. The first kappa shape index (κ1) is 24.9. The molecule has 0 saturated carbocycles. The number of hydrogen-bond donors (Lipinski definition) is 1. The summed E-state index contributed by atoms with van der Waals surface area (Å²) in [5.41, 5.74) is -0.215. The van der Waals surface area contributed by atoms with Crippen LogP contribution in [-0.2, 0) is 14.3 Å². The van der Waals surface area contributed by atoms with E-state index in [1.807, 2.05) is 0 Å². The van der Waals surface area contributed by atoms with Gasteiger partial charge < -0.3 is 10.1 Å². The SMILES string of the molecule is C[C@@H](C(=O)OCC(=O)Nc1ccc(Cl)c(Cl)c1)N1C(=O)c2c(Cl)c(Cl)c(Cl)c(Cl)c2C1=O. The molecular formula is C19H10Cl6N2O5. The Kier molecular flexibility index (Phi) is 7.49. The van der Waals surface area contributed by atoms with Gasteiger partial charge in [-0.25, -0.2) is 4.79 Å². The third kappa shape index (κ3) is 4.51. The van der Waals surface area contributed by atoms with Crippen LogP contribution in [0.2, 0.25) is 30.1 Å². The van der Waals surface area contributed by atoms with Crippen LogP contribution in [0, 0.1) is 0 Å². The Labute approximate surface area is 211 Å². The van der Waals surface area contributed by atoms with E-state index in [0.29, 0.717) is 15.6 Å². The number of amides is 3. The minimum Gasteiger partial charge on any atom is -0.454 e. The molecule has 1 N–H and O–H groups in total. The first-order chi connectivity index (χ1) is 15.0. The second-order valence-electron chi connectivity index (χ2n) is 6.45. The van der Waals surface area contributed by atoms with E-state index in [0.717, 1.165) is 0 Å². The molecule has 0 spiro atoms. The number of ether oxygens (including phenoxy) is 1. The van der Waals surface area contributed by atoms with Crippen molar-refractivity contribution in [1.82, 2.24) is 4.90 Å². The Morgan fingerprint density at radius 3 is 1.94 bits per heavy atom. The largest absolute Gasteiger partial charge is 0.454 e. The van der Waals surface area contributed by atoms with Crippen LogP contribution < -0.4 is 5.32 Å². The number of benzene rings is 2. The van der Waals surface area contributed by atoms with Gasteiger partial charge in [0.15, 0.2) is 6.61 Å². The van der Waals surface area contributed by atoms with Gasteiger partial charge in [0.05, 0.1) is 41.3 Å². The highest BCUT2D eigenvalue weighted by Gasteiger charge is 2.45. The number of esters is 1. The number of fused-ring (bicyclic) bond motifs is 1. The van der Waals surface area contributed by atoms with Gasteiger partial charge in [-0.3, -0.25) is 19.3 Å². The number of anilines is 1. The molecule has 1 heterocycles. The van der Waals surface area contributed by atoms with Crippen molar-refractivity contribution in [2.45, 2.75) is 13.0 Å². The summed E-state index contributed by atoms with van der Waals surface area (Å²) in [4.78, 5) is 50.6. The van der Waals surface area contributed by atoms with Crippen molar-refractivity contribution in [2.24, 2.45) is 0 Å². The fourth-order valence-corrected chi connectivity index (χ4v) is 4.16. The number of nitrogens with one attached hydrogen (secondary N) is 1. The van der Waals surface area contributed by atoms with Crippen LogP contribution in [0.4, 0.5) is 5.69 Å². The third-order valence-electron chi connectivity index (χ3n) is 4.41. The van der Waals surface area contributed by atoms with Gasteiger partial charge in [-0.15, -0.1) is 0 Å². The zero-order valence-electron chi connectivity index (χ0n) is 15.8. The number of imide groups is 1. The van der Waals surface area contributed by atoms with Crippen LogP contribution >= 0.6 is 69.6 Å². The van der Waals surface area contributed by atoms with Crippen molar-refractivity contribution in [3.8, 4) is 0 Å². The van der Waals surface area contributed by atoms with E-state index in [9.17, 15) is 19.2 Å². The van der Waals surface area contributed by atoms with Crippen molar-refractivity contribution < 1.29 is 23.9 Å². The normalized spacial score (nSPS) is 13.8. The molecule has 0 radical (unpaired) electrons. The Morgan fingerprint density at radius 1 is 0.906 bits per heavy atom. The average Bonchev–Trinajstić information content (AvgIpc) is 3.01. The molecule has 13 heteroatoms. The summed E-state index contributed by atoms with van der Waals surface area (Å²) in [5.74, 6) is -3.51. The predicted molar refractivity (Wildman–Crippen MR) is 122 cm³/mol. The molecule has 3 rings (SSSR count). The number of carbonyl (C=O) groups excluding carboxylic acids is 4. The van der Waals surface area contributed by atoms with Gasteiger partial charge >= 0.3 is 5.97 Å². The van der Waals surface area contributed by atoms with Crippen LogP contribution in [0.1, 0.15) is 27.6 Å². The summed E-state index contributed by atoms with van der Waals surface area (Å²) in [5, 5.41) is 2.05. The molecule has 32 heavy (non-hydrogen) atoms. The number of nitrogens with zero attached hydrogens (tertiary/aromatic N) is 1. The molecule has 0 aliphatic carbocycles. The fraction of sp³-hybridized carbons (Fsp3) is 0.158. The van der Waals surface area contributed by atoms with E-state index >= 15 is 0 Å². The standard InChI is InChI=1S/C19H10Cl6N2O5/c1-6(19(31)32-5-10(28)26-7-2-3-8(20)9(21)4-7)27-17(29)11-12(18(27)30)14(23)16(25)15(24)13(11)22/h2-4,6H,5H2,1H3,(H,26,28)/t6-/m0/s1. The molecule has 1 aliphatic heterocycles. The molecule has 3 amide bonds. The van der Waals surface area contributed by atoms with E-state index in [1.54, 1.807) is 0 Å². The smallest absolute Gasteiger partial charge is 0.329 e. The average molecular weight is 559 g/mol. The number of halogens is 6. The summed E-state index contributed by atoms with van der Waals surface area (Å²) in [6.45, 7) is 0.553. The lowest BCUT2D eigenvalue weighted by Gasteiger charge is -2.20. The Morgan fingerprint density at radius 2 is 1.44 bits per heavy atom. The second kappa shape index (κ2) is 9.63. The van der Waals surface area contributed by atoms with Crippen molar-refractivity contribution in [3.63, 3.8) is 0 Å². The molecule has 7 nitrogen and oxygen atoms in total. The van der Waals surface area contributed by atoms with Gasteiger partial charge in [-0.05, 0) is 25.1 Å². The highest BCUT2D eigenvalue weighted by atomic mass is 35.5. The second-order valence-corrected chi connectivity index (χ2v) is 8.77. The summed E-state index contributed by atoms with van der Waals surface area (Å²) < 4.78 is 4.93. The first-order valence-electron chi connectivity index (χ1n) is 8.61. The van der Waals surface area contributed by atoms with Crippen molar-refractivity contribution in [2.75, 3.05) is 11.9 Å². The Hall–Kier alpha value is -1.74. The molecule has 1 aliphatic rings. The van der Waals surface area contributed by atoms with E-state index in [2.05, 4.69) is 5.32 Å². The minimum atomic E-state index is -1.40. The topological polar surface area (TPSA) is 92.8 Å². The summed E-state index contributed by atoms with van der Waals surface area (Å²) in [6, 6.07) is 2.99. The van der Waals surface area contributed by atoms with Gasteiger partial charge in [0.1, 0.15) is 6.04 Å². The molecule has 2 aromatic carbocycles. The highest BCUT2D eigenvalue weighted by molar-refractivity contribution is 6.55. The molecule has 0 unspecified atom stereocenters.